The summed E-state index contributed by atoms with van der Waals surface area (Å²) in [4.78, 5) is 0. The SMILES string of the molecule is CC(c1ccc([C@@H]2CCC[C@H]2C)c2ccccc12)c1ccc([C@@H]2CCC[C@H]2C)c2ccccc12. The molecule has 0 saturated heterocycles. The van der Waals surface area contributed by atoms with E-state index in [1.54, 1.807) is 11.1 Å². The molecule has 4 aromatic carbocycles. The zero-order chi connectivity index (χ0) is 23.2. The van der Waals surface area contributed by atoms with Crippen molar-refractivity contribution in [2.24, 2.45) is 11.8 Å². The Labute approximate surface area is 205 Å². The third kappa shape index (κ3) is 3.58. The van der Waals surface area contributed by atoms with Crippen LogP contribution in [0.5, 0.6) is 0 Å². The van der Waals surface area contributed by atoms with Crippen molar-refractivity contribution in [3.63, 3.8) is 0 Å². The molecule has 174 valence electrons. The molecule has 0 nitrogen and oxygen atoms in total. The molecule has 0 unspecified atom stereocenters. The van der Waals surface area contributed by atoms with Gasteiger partial charge in [-0.3, -0.25) is 0 Å². The van der Waals surface area contributed by atoms with Crippen LogP contribution in [0, 0.1) is 11.8 Å². The molecule has 34 heavy (non-hydrogen) atoms. The van der Waals surface area contributed by atoms with Crippen LogP contribution in [0.1, 0.15) is 99.3 Å². The minimum Gasteiger partial charge on any atom is -0.0619 e. The third-order valence-electron chi connectivity index (χ3n) is 9.44. The summed E-state index contributed by atoms with van der Waals surface area (Å²) < 4.78 is 0. The van der Waals surface area contributed by atoms with Crippen molar-refractivity contribution < 1.29 is 0 Å². The molecule has 0 radical (unpaired) electrons. The Morgan fingerprint density at radius 1 is 0.529 bits per heavy atom. The van der Waals surface area contributed by atoms with Gasteiger partial charge < -0.3 is 0 Å². The Morgan fingerprint density at radius 2 is 0.941 bits per heavy atom. The van der Waals surface area contributed by atoms with Crippen molar-refractivity contribution >= 4 is 21.5 Å². The average molecular weight is 447 g/mol. The van der Waals surface area contributed by atoms with Gasteiger partial charge in [0, 0.05) is 5.92 Å². The Balaban J connectivity index is 1.47. The van der Waals surface area contributed by atoms with E-state index in [-0.39, 0.29) is 0 Å². The molecule has 0 heteroatoms. The monoisotopic (exact) mass is 446 g/mol. The first-order valence-electron chi connectivity index (χ1n) is 13.7. The van der Waals surface area contributed by atoms with Crippen LogP contribution >= 0.6 is 0 Å². The van der Waals surface area contributed by atoms with E-state index in [4.69, 9.17) is 0 Å². The Morgan fingerprint density at radius 3 is 1.32 bits per heavy atom. The van der Waals surface area contributed by atoms with Crippen molar-refractivity contribution in [1.29, 1.82) is 0 Å². The molecule has 0 heterocycles. The summed E-state index contributed by atoms with van der Waals surface area (Å²) in [6.07, 6.45) is 8.16. The highest BCUT2D eigenvalue weighted by Gasteiger charge is 2.29. The van der Waals surface area contributed by atoms with Gasteiger partial charge in [0.15, 0.2) is 0 Å². The van der Waals surface area contributed by atoms with Gasteiger partial charge >= 0.3 is 0 Å². The normalized spacial score (nSPS) is 25.1. The number of hydrogen-bond acceptors (Lipinski definition) is 0. The molecule has 2 aliphatic carbocycles. The van der Waals surface area contributed by atoms with E-state index in [2.05, 4.69) is 93.6 Å². The highest BCUT2D eigenvalue weighted by Crippen LogP contribution is 2.46. The highest BCUT2D eigenvalue weighted by atomic mass is 14.3. The van der Waals surface area contributed by atoms with Crippen LogP contribution in [-0.4, -0.2) is 0 Å². The minimum absolute atomic E-state index is 0.361. The zero-order valence-electron chi connectivity index (χ0n) is 21.1. The molecular formula is C34H38. The highest BCUT2D eigenvalue weighted by molar-refractivity contribution is 5.93. The van der Waals surface area contributed by atoms with Gasteiger partial charge in [-0.2, -0.15) is 0 Å². The van der Waals surface area contributed by atoms with E-state index in [0.29, 0.717) is 17.8 Å². The molecule has 0 aliphatic heterocycles. The lowest BCUT2D eigenvalue weighted by molar-refractivity contribution is 0.536. The van der Waals surface area contributed by atoms with Crippen LogP contribution in [0.4, 0.5) is 0 Å². The van der Waals surface area contributed by atoms with Crippen LogP contribution in [0.3, 0.4) is 0 Å². The molecular weight excluding hydrogens is 408 g/mol. The second-order valence-electron chi connectivity index (χ2n) is 11.3. The lowest BCUT2D eigenvalue weighted by Gasteiger charge is -2.24. The smallest absolute Gasteiger partial charge is 0.00733 e. The fraction of sp³-hybridized carbons (Fsp3) is 0.412. The van der Waals surface area contributed by atoms with E-state index in [1.165, 1.54) is 71.2 Å². The van der Waals surface area contributed by atoms with E-state index in [9.17, 15) is 0 Å². The molecule has 2 aliphatic rings. The predicted molar refractivity (Wildman–Crippen MR) is 147 cm³/mol. The van der Waals surface area contributed by atoms with Gasteiger partial charge in [0.1, 0.15) is 0 Å². The first-order chi connectivity index (χ1) is 16.6. The molecule has 0 spiro atoms. The quantitative estimate of drug-likeness (QED) is 0.292. The van der Waals surface area contributed by atoms with E-state index in [1.807, 2.05) is 0 Å². The summed E-state index contributed by atoms with van der Waals surface area (Å²) >= 11 is 0. The van der Waals surface area contributed by atoms with Crippen LogP contribution in [0.25, 0.3) is 21.5 Å². The topological polar surface area (TPSA) is 0 Å². The lowest BCUT2D eigenvalue weighted by Crippen LogP contribution is -2.06. The van der Waals surface area contributed by atoms with E-state index in [0.717, 1.165) is 11.8 Å². The van der Waals surface area contributed by atoms with Gasteiger partial charge in [-0.05, 0) is 80.3 Å². The fourth-order valence-corrected chi connectivity index (χ4v) is 7.48. The standard InChI is InChI=1S/C34H38/c1-22-10-8-16-25(22)33-20-18-27(29-12-4-6-14-31(29)33)24(3)28-19-21-34(26-17-9-11-23(26)2)32-15-7-5-13-30(28)32/h4-7,12-15,18-26H,8-11,16-17H2,1-3H3/t22-,23-,25-,26-/m1/s1. The van der Waals surface area contributed by atoms with E-state index < -0.39 is 0 Å². The minimum atomic E-state index is 0.361. The van der Waals surface area contributed by atoms with Crippen molar-refractivity contribution in [3.8, 4) is 0 Å². The van der Waals surface area contributed by atoms with Gasteiger partial charge in [-0.15, -0.1) is 0 Å². The van der Waals surface area contributed by atoms with Crippen LogP contribution in [0.2, 0.25) is 0 Å². The first kappa shape index (κ1) is 21.9. The largest absolute Gasteiger partial charge is 0.0619 e. The molecule has 4 aromatic rings. The second kappa shape index (κ2) is 8.88. The molecule has 2 saturated carbocycles. The average Bonchev–Trinajstić information content (AvgIpc) is 3.50. The maximum atomic E-state index is 2.47. The molecule has 0 amide bonds. The second-order valence-corrected chi connectivity index (χ2v) is 11.3. The first-order valence-corrected chi connectivity index (χ1v) is 13.7. The lowest BCUT2D eigenvalue weighted by atomic mass is 9.80. The molecule has 2 fully saturated rings. The van der Waals surface area contributed by atoms with Crippen LogP contribution in [-0.2, 0) is 0 Å². The van der Waals surface area contributed by atoms with Crippen LogP contribution in [0.15, 0.2) is 72.8 Å². The van der Waals surface area contributed by atoms with Gasteiger partial charge in [0.05, 0.1) is 0 Å². The van der Waals surface area contributed by atoms with Crippen molar-refractivity contribution in [3.05, 3.63) is 95.1 Å². The van der Waals surface area contributed by atoms with Gasteiger partial charge in [0.2, 0.25) is 0 Å². The van der Waals surface area contributed by atoms with Gasteiger partial charge in [-0.1, -0.05) is 119 Å². The molecule has 0 N–H and O–H groups in total. The number of hydrogen-bond donors (Lipinski definition) is 0. The van der Waals surface area contributed by atoms with E-state index >= 15 is 0 Å². The summed E-state index contributed by atoms with van der Waals surface area (Å²) in [6.45, 7) is 7.31. The van der Waals surface area contributed by atoms with Crippen LogP contribution < -0.4 is 0 Å². The molecule has 6 rings (SSSR count). The summed E-state index contributed by atoms with van der Waals surface area (Å²) in [5.41, 5.74) is 6.09. The van der Waals surface area contributed by atoms with Gasteiger partial charge in [-0.25, -0.2) is 0 Å². The number of benzene rings is 4. The molecule has 0 aromatic heterocycles. The molecule has 0 bridgehead atoms. The zero-order valence-corrected chi connectivity index (χ0v) is 21.1. The van der Waals surface area contributed by atoms with Crippen molar-refractivity contribution in [1.82, 2.24) is 0 Å². The summed E-state index contributed by atoms with van der Waals surface area (Å²) in [7, 11) is 0. The number of fused-ring (bicyclic) bond motifs is 2. The Bertz CT molecular complexity index is 1230. The summed E-state index contributed by atoms with van der Waals surface area (Å²) in [5.74, 6) is 3.37. The Kier molecular flexibility index (Phi) is 5.72. The maximum absolute atomic E-state index is 2.47. The predicted octanol–water partition coefficient (Wildman–Crippen LogP) is 9.95. The maximum Gasteiger partial charge on any atom is 0.00733 e. The summed E-state index contributed by atoms with van der Waals surface area (Å²) in [6, 6.07) is 28.2. The van der Waals surface area contributed by atoms with Crippen molar-refractivity contribution in [2.75, 3.05) is 0 Å². The fourth-order valence-electron chi connectivity index (χ4n) is 7.48. The summed E-state index contributed by atoms with van der Waals surface area (Å²) in [5, 5.41) is 5.85. The third-order valence-corrected chi connectivity index (χ3v) is 9.44. The Hall–Kier alpha value is -2.60. The number of rotatable bonds is 4. The van der Waals surface area contributed by atoms with Gasteiger partial charge in [0.25, 0.3) is 0 Å². The molecule has 4 atom stereocenters. The van der Waals surface area contributed by atoms with Crippen molar-refractivity contribution in [2.45, 2.75) is 77.0 Å².